The van der Waals surface area contributed by atoms with Gasteiger partial charge >= 0.3 is 5.97 Å². The summed E-state index contributed by atoms with van der Waals surface area (Å²) in [5.41, 5.74) is 0.736. The number of nitrogens with zero attached hydrogens (tertiary/aromatic N) is 2. The number of carbonyl (C=O) groups is 1. The van der Waals surface area contributed by atoms with E-state index in [1.54, 1.807) is 0 Å². The summed E-state index contributed by atoms with van der Waals surface area (Å²) in [6.07, 6.45) is 1.82. The van der Waals surface area contributed by atoms with E-state index in [9.17, 15) is 4.79 Å². The zero-order valence-corrected chi connectivity index (χ0v) is 13.3. The molecule has 0 radical (unpaired) electrons. The zero-order valence-electron chi connectivity index (χ0n) is 13.3. The number of rotatable bonds is 8. The van der Waals surface area contributed by atoms with Crippen LogP contribution in [-0.4, -0.2) is 63.2 Å². The van der Waals surface area contributed by atoms with Crippen molar-refractivity contribution in [1.29, 1.82) is 0 Å². The molecule has 0 heterocycles. The van der Waals surface area contributed by atoms with Gasteiger partial charge in [-0.2, -0.15) is 0 Å². The predicted octanol–water partition coefficient (Wildman–Crippen LogP) is 1.75. The topological polar surface area (TPSA) is 32.8 Å². The number of benzene rings is 1. The van der Waals surface area contributed by atoms with Crippen LogP contribution in [0.15, 0.2) is 30.3 Å². The maximum Gasteiger partial charge on any atom is 0.316 e. The second-order valence-electron chi connectivity index (χ2n) is 6.19. The monoisotopic (exact) mass is 290 g/mol. The van der Waals surface area contributed by atoms with Crippen molar-refractivity contribution in [3.63, 3.8) is 0 Å². The maximum atomic E-state index is 12.3. The van der Waals surface area contributed by atoms with E-state index in [0.29, 0.717) is 6.61 Å². The molecular formula is C17H26N2O2. The van der Waals surface area contributed by atoms with Crippen LogP contribution in [0.3, 0.4) is 0 Å². The Hall–Kier alpha value is -1.39. The van der Waals surface area contributed by atoms with E-state index in [0.717, 1.165) is 38.0 Å². The summed E-state index contributed by atoms with van der Waals surface area (Å²) in [5.74, 6) is -0.0605. The van der Waals surface area contributed by atoms with Crippen LogP contribution in [0.4, 0.5) is 0 Å². The number of carbonyl (C=O) groups excluding carboxylic acids is 1. The Morgan fingerprint density at radius 3 is 2.33 bits per heavy atom. The quantitative estimate of drug-likeness (QED) is 0.683. The molecule has 1 aliphatic carbocycles. The largest absolute Gasteiger partial charge is 0.464 e. The highest BCUT2D eigenvalue weighted by Gasteiger charge is 2.52. The molecule has 0 bridgehead atoms. The van der Waals surface area contributed by atoms with Gasteiger partial charge in [-0.3, -0.25) is 4.79 Å². The fourth-order valence-corrected chi connectivity index (χ4v) is 2.41. The molecule has 4 heteroatoms. The molecule has 1 aromatic rings. The van der Waals surface area contributed by atoms with E-state index in [1.165, 1.54) is 0 Å². The van der Waals surface area contributed by atoms with Crippen LogP contribution in [-0.2, 0) is 14.9 Å². The molecule has 0 unspecified atom stereocenters. The molecule has 21 heavy (non-hydrogen) atoms. The van der Waals surface area contributed by atoms with Crippen molar-refractivity contribution in [2.45, 2.75) is 18.3 Å². The van der Waals surface area contributed by atoms with Crippen molar-refractivity contribution >= 4 is 5.97 Å². The Bertz CT molecular complexity index is 455. The van der Waals surface area contributed by atoms with Gasteiger partial charge in [0.2, 0.25) is 0 Å². The Morgan fingerprint density at radius 2 is 1.76 bits per heavy atom. The molecule has 1 fully saturated rings. The minimum absolute atomic E-state index is 0.0605. The maximum absolute atomic E-state index is 12.3. The van der Waals surface area contributed by atoms with Crippen molar-refractivity contribution in [2.75, 3.05) is 47.4 Å². The molecule has 0 saturated heterocycles. The van der Waals surface area contributed by atoms with Crippen molar-refractivity contribution in [3.8, 4) is 0 Å². The average molecular weight is 290 g/mol. The normalized spacial score (nSPS) is 16.2. The number of hydrogen-bond acceptors (Lipinski definition) is 4. The van der Waals surface area contributed by atoms with Crippen molar-refractivity contribution < 1.29 is 9.53 Å². The second kappa shape index (κ2) is 7.05. The van der Waals surface area contributed by atoms with Gasteiger partial charge in [-0.05, 0) is 39.5 Å². The van der Waals surface area contributed by atoms with Gasteiger partial charge in [0.1, 0.15) is 6.61 Å². The van der Waals surface area contributed by atoms with Gasteiger partial charge in [0.05, 0.1) is 5.41 Å². The molecular weight excluding hydrogens is 264 g/mol. The summed E-state index contributed by atoms with van der Waals surface area (Å²) < 4.78 is 5.51. The molecule has 2 rings (SSSR count). The summed E-state index contributed by atoms with van der Waals surface area (Å²) >= 11 is 0. The summed E-state index contributed by atoms with van der Waals surface area (Å²) in [6.45, 7) is 3.24. The molecule has 0 spiro atoms. The van der Waals surface area contributed by atoms with Gasteiger partial charge in [0, 0.05) is 19.6 Å². The molecule has 0 aromatic heterocycles. The third kappa shape index (κ3) is 4.29. The Kier molecular flexibility index (Phi) is 5.37. The fraction of sp³-hybridized carbons (Fsp3) is 0.588. The fourth-order valence-electron chi connectivity index (χ4n) is 2.41. The van der Waals surface area contributed by atoms with Gasteiger partial charge in [-0.15, -0.1) is 0 Å². The van der Waals surface area contributed by atoms with Gasteiger partial charge in [-0.1, -0.05) is 30.3 Å². The lowest BCUT2D eigenvalue weighted by atomic mass is 9.96. The third-order valence-electron chi connectivity index (χ3n) is 4.10. The van der Waals surface area contributed by atoms with Crippen LogP contribution in [0.25, 0.3) is 0 Å². The molecule has 0 atom stereocenters. The zero-order chi connectivity index (χ0) is 15.3. The van der Waals surface area contributed by atoms with Crippen molar-refractivity contribution in [3.05, 3.63) is 35.9 Å². The second-order valence-corrected chi connectivity index (χ2v) is 6.19. The summed E-state index contributed by atoms with van der Waals surface area (Å²) in [4.78, 5) is 16.7. The first-order valence-corrected chi connectivity index (χ1v) is 7.61. The molecule has 0 amide bonds. The molecule has 0 N–H and O–H groups in total. The molecule has 1 saturated carbocycles. The third-order valence-corrected chi connectivity index (χ3v) is 4.10. The van der Waals surface area contributed by atoms with E-state index in [-0.39, 0.29) is 11.4 Å². The predicted molar refractivity (Wildman–Crippen MR) is 84.4 cm³/mol. The molecule has 1 aromatic carbocycles. The first kappa shape index (κ1) is 16.0. The summed E-state index contributed by atoms with van der Waals surface area (Å²) in [6, 6.07) is 10.00. The molecule has 4 nitrogen and oxygen atoms in total. The number of ether oxygens (including phenoxy) is 1. The smallest absolute Gasteiger partial charge is 0.316 e. The molecule has 0 aliphatic heterocycles. The molecule has 116 valence electrons. The minimum atomic E-state index is -0.358. The van der Waals surface area contributed by atoms with Crippen LogP contribution < -0.4 is 0 Å². The lowest BCUT2D eigenvalue weighted by Gasteiger charge is -2.20. The summed E-state index contributed by atoms with van der Waals surface area (Å²) in [7, 11) is 6.18. The van der Waals surface area contributed by atoms with Crippen LogP contribution in [0.5, 0.6) is 0 Å². The Morgan fingerprint density at radius 1 is 1.10 bits per heavy atom. The SMILES string of the molecule is CN(C)CCN(C)CCOC(=O)C1(c2ccccc2)CC1. The lowest BCUT2D eigenvalue weighted by molar-refractivity contribution is -0.147. The van der Waals surface area contributed by atoms with Crippen LogP contribution in [0.2, 0.25) is 0 Å². The Labute approximate surface area is 127 Å². The van der Waals surface area contributed by atoms with Crippen LogP contribution in [0.1, 0.15) is 18.4 Å². The van der Waals surface area contributed by atoms with E-state index in [4.69, 9.17) is 4.74 Å². The average Bonchev–Trinajstić information content (AvgIpc) is 3.27. The highest BCUT2D eigenvalue weighted by Crippen LogP contribution is 2.49. The number of hydrogen-bond donors (Lipinski definition) is 0. The Balaban J connectivity index is 1.75. The number of likely N-dealkylation sites (N-methyl/N-ethyl adjacent to an activating group) is 2. The highest BCUT2D eigenvalue weighted by molar-refractivity contribution is 5.86. The lowest BCUT2D eigenvalue weighted by Crippen LogP contribution is -2.32. The van der Waals surface area contributed by atoms with E-state index in [1.807, 2.05) is 30.3 Å². The van der Waals surface area contributed by atoms with Gasteiger partial charge < -0.3 is 14.5 Å². The standard InChI is InChI=1S/C17H26N2O2/c1-18(2)11-12-19(3)13-14-21-16(20)17(9-10-17)15-7-5-4-6-8-15/h4-8H,9-14H2,1-3H3. The van der Waals surface area contributed by atoms with Crippen LogP contribution in [0, 0.1) is 0 Å². The summed E-state index contributed by atoms with van der Waals surface area (Å²) in [5, 5.41) is 0. The van der Waals surface area contributed by atoms with Gasteiger partial charge in [0.25, 0.3) is 0 Å². The van der Waals surface area contributed by atoms with E-state index < -0.39 is 0 Å². The number of esters is 1. The first-order valence-electron chi connectivity index (χ1n) is 7.61. The van der Waals surface area contributed by atoms with E-state index >= 15 is 0 Å². The van der Waals surface area contributed by atoms with Crippen molar-refractivity contribution in [2.24, 2.45) is 0 Å². The van der Waals surface area contributed by atoms with Gasteiger partial charge in [-0.25, -0.2) is 0 Å². The molecule has 1 aliphatic rings. The minimum Gasteiger partial charge on any atom is -0.464 e. The first-order chi connectivity index (χ1) is 10.0. The highest BCUT2D eigenvalue weighted by atomic mass is 16.5. The van der Waals surface area contributed by atoms with E-state index in [2.05, 4.69) is 30.9 Å². The van der Waals surface area contributed by atoms with Crippen LogP contribution >= 0.6 is 0 Å². The van der Waals surface area contributed by atoms with Crippen molar-refractivity contribution in [1.82, 2.24) is 9.80 Å². The van der Waals surface area contributed by atoms with Gasteiger partial charge in [0.15, 0.2) is 0 Å².